The molecule has 1 aliphatic carbocycles. The fourth-order valence-electron chi connectivity index (χ4n) is 3.17. The molecule has 0 bridgehead atoms. The van der Waals surface area contributed by atoms with Gasteiger partial charge in [0.05, 0.1) is 12.7 Å². The van der Waals surface area contributed by atoms with Crippen molar-refractivity contribution in [1.29, 1.82) is 0 Å². The SMILES string of the molecule is COc1cccc(C(=O)c2c[nH]c3ncc(C4=CCCC=C4)cc23)c1F. The summed E-state index contributed by atoms with van der Waals surface area (Å²) in [6.45, 7) is 0. The van der Waals surface area contributed by atoms with Crippen molar-refractivity contribution in [2.24, 2.45) is 0 Å². The molecule has 0 unspecified atom stereocenters. The smallest absolute Gasteiger partial charge is 0.198 e. The van der Waals surface area contributed by atoms with E-state index in [2.05, 4.69) is 28.2 Å². The molecule has 0 atom stereocenters. The zero-order chi connectivity index (χ0) is 18.1. The molecule has 1 aliphatic rings. The van der Waals surface area contributed by atoms with E-state index in [1.165, 1.54) is 19.2 Å². The molecular weight excluding hydrogens is 331 g/mol. The second kappa shape index (κ2) is 6.59. The van der Waals surface area contributed by atoms with Crippen molar-refractivity contribution in [3.8, 4) is 5.75 Å². The molecule has 0 saturated heterocycles. The molecule has 4 rings (SSSR count). The third-order valence-corrected chi connectivity index (χ3v) is 4.53. The largest absolute Gasteiger partial charge is 0.494 e. The maximum absolute atomic E-state index is 14.5. The number of methoxy groups -OCH3 is 1. The number of rotatable bonds is 4. The highest BCUT2D eigenvalue weighted by molar-refractivity contribution is 6.16. The summed E-state index contributed by atoms with van der Waals surface area (Å²) in [7, 11) is 1.37. The number of halogens is 1. The normalized spacial score (nSPS) is 13.7. The minimum atomic E-state index is -0.656. The number of ether oxygens (including phenoxy) is 1. The van der Waals surface area contributed by atoms with Crippen molar-refractivity contribution in [1.82, 2.24) is 9.97 Å². The molecule has 0 amide bonds. The van der Waals surface area contributed by atoms with E-state index in [0.717, 1.165) is 24.0 Å². The number of pyridine rings is 1. The number of carbonyl (C=O) groups excluding carboxylic acids is 1. The first-order valence-electron chi connectivity index (χ1n) is 8.40. The lowest BCUT2D eigenvalue weighted by Gasteiger charge is -2.08. The van der Waals surface area contributed by atoms with Crippen molar-refractivity contribution in [2.75, 3.05) is 7.11 Å². The van der Waals surface area contributed by atoms with E-state index in [-0.39, 0.29) is 11.3 Å². The molecule has 4 nitrogen and oxygen atoms in total. The predicted molar refractivity (Wildman–Crippen MR) is 98.8 cm³/mol. The number of H-pyrrole nitrogens is 1. The van der Waals surface area contributed by atoms with Crippen LogP contribution in [0.2, 0.25) is 0 Å². The first-order chi connectivity index (χ1) is 12.7. The summed E-state index contributed by atoms with van der Waals surface area (Å²) >= 11 is 0. The highest BCUT2D eigenvalue weighted by Crippen LogP contribution is 2.28. The Balaban J connectivity index is 1.80. The Bertz CT molecular complexity index is 1060. The molecule has 0 aliphatic heterocycles. The Kier molecular flexibility index (Phi) is 4.13. The second-order valence-electron chi connectivity index (χ2n) is 6.11. The zero-order valence-electron chi connectivity index (χ0n) is 14.3. The van der Waals surface area contributed by atoms with Crippen LogP contribution in [0.15, 0.2) is 54.9 Å². The third-order valence-electron chi connectivity index (χ3n) is 4.53. The van der Waals surface area contributed by atoms with Crippen LogP contribution in [0.4, 0.5) is 4.39 Å². The van der Waals surface area contributed by atoms with E-state index in [0.29, 0.717) is 16.6 Å². The van der Waals surface area contributed by atoms with Crippen LogP contribution >= 0.6 is 0 Å². The number of hydrogen-bond donors (Lipinski definition) is 1. The van der Waals surface area contributed by atoms with Gasteiger partial charge in [0.2, 0.25) is 0 Å². The van der Waals surface area contributed by atoms with Crippen molar-refractivity contribution in [3.63, 3.8) is 0 Å². The highest BCUT2D eigenvalue weighted by Gasteiger charge is 2.21. The third kappa shape index (κ3) is 2.71. The standard InChI is InChI=1S/C21H17FN2O2/c1-26-18-9-5-8-15(19(18)22)20(25)17-12-24-21-16(17)10-14(11-23-21)13-6-3-2-4-7-13/h3,5-12H,2,4H2,1H3,(H,23,24). The lowest BCUT2D eigenvalue weighted by atomic mass is 9.98. The molecule has 2 aromatic heterocycles. The summed E-state index contributed by atoms with van der Waals surface area (Å²) in [5.74, 6) is -1.01. The molecule has 0 fully saturated rings. The topological polar surface area (TPSA) is 55.0 Å². The average Bonchev–Trinajstić information content (AvgIpc) is 3.11. The van der Waals surface area contributed by atoms with Gasteiger partial charge in [-0.2, -0.15) is 0 Å². The van der Waals surface area contributed by atoms with E-state index in [1.54, 1.807) is 18.5 Å². The van der Waals surface area contributed by atoms with E-state index >= 15 is 0 Å². The van der Waals surface area contributed by atoms with Crippen molar-refractivity contribution < 1.29 is 13.9 Å². The van der Waals surface area contributed by atoms with Gasteiger partial charge in [0.1, 0.15) is 5.65 Å². The number of nitrogens with zero attached hydrogens (tertiary/aromatic N) is 1. The van der Waals surface area contributed by atoms with Gasteiger partial charge in [0, 0.05) is 28.9 Å². The molecule has 0 radical (unpaired) electrons. The summed E-state index contributed by atoms with van der Waals surface area (Å²) in [5, 5.41) is 0.676. The van der Waals surface area contributed by atoms with E-state index in [4.69, 9.17) is 4.74 Å². The molecular formula is C21H17FN2O2. The molecule has 0 spiro atoms. The molecule has 3 aromatic rings. The molecule has 5 heteroatoms. The molecule has 26 heavy (non-hydrogen) atoms. The van der Waals surface area contributed by atoms with Gasteiger partial charge in [-0.1, -0.05) is 24.3 Å². The summed E-state index contributed by atoms with van der Waals surface area (Å²) in [4.78, 5) is 20.3. The minimum Gasteiger partial charge on any atom is -0.494 e. The van der Waals surface area contributed by atoms with Crippen LogP contribution < -0.4 is 4.74 Å². The second-order valence-corrected chi connectivity index (χ2v) is 6.11. The van der Waals surface area contributed by atoms with Crippen LogP contribution in [0.25, 0.3) is 16.6 Å². The van der Waals surface area contributed by atoms with Crippen LogP contribution in [0, 0.1) is 5.82 Å². The predicted octanol–water partition coefficient (Wildman–Crippen LogP) is 4.68. The lowest BCUT2D eigenvalue weighted by Crippen LogP contribution is -2.05. The van der Waals surface area contributed by atoms with E-state index in [1.807, 2.05) is 6.07 Å². The van der Waals surface area contributed by atoms with Crippen LogP contribution in [0.5, 0.6) is 5.75 Å². The summed E-state index contributed by atoms with van der Waals surface area (Å²) in [5.41, 5.74) is 2.99. The van der Waals surface area contributed by atoms with Crippen LogP contribution in [0.1, 0.15) is 34.3 Å². The van der Waals surface area contributed by atoms with Crippen LogP contribution in [0.3, 0.4) is 0 Å². The average molecular weight is 348 g/mol. The Morgan fingerprint density at radius 3 is 2.92 bits per heavy atom. The summed E-state index contributed by atoms with van der Waals surface area (Å²) < 4.78 is 19.5. The van der Waals surface area contributed by atoms with Gasteiger partial charge >= 0.3 is 0 Å². The van der Waals surface area contributed by atoms with Gasteiger partial charge in [-0.15, -0.1) is 0 Å². The van der Waals surface area contributed by atoms with E-state index in [9.17, 15) is 9.18 Å². The quantitative estimate of drug-likeness (QED) is 0.697. The monoisotopic (exact) mass is 348 g/mol. The van der Waals surface area contributed by atoms with Gasteiger partial charge < -0.3 is 9.72 Å². The summed E-state index contributed by atoms with van der Waals surface area (Å²) in [6, 6.07) is 6.47. The zero-order valence-corrected chi connectivity index (χ0v) is 14.3. The van der Waals surface area contributed by atoms with Crippen molar-refractivity contribution in [3.05, 3.63) is 77.4 Å². The molecule has 2 heterocycles. The molecule has 0 saturated carbocycles. The number of benzene rings is 1. The Labute approximate surface area is 150 Å². The Morgan fingerprint density at radius 1 is 1.27 bits per heavy atom. The number of nitrogens with one attached hydrogen (secondary N) is 1. The minimum absolute atomic E-state index is 0.0209. The molecule has 1 aromatic carbocycles. The van der Waals surface area contributed by atoms with Crippen LogP contribution in [-0.2, 0) is 0 Å². The maximum atomic E-state index is 14.5. The lowest BCUT2D eigenvalue weighted by molar-refractivity contribution is 0.103. The first kappa shape index (κ1) is 16.3. The van der Waals surface area contributed by atoms with Gasteiger partial charge in [-0.3, -0.25) is 4.79 Å². The molecule has 130 valence electrons. The van der Waals surface area contributed by atoms with Crippen molar-refractivity contribution in [2.45, 2.75) is 12.8 Å². The van der Waals surface area contributed by atoms with Crippen LogP contribution in [-0.4, -0.2) is 22.9 Å². The number of carbonyl (C=O) groups is 1. The fraction of sp³-hybridized carbons (Fsp3) is 0.143. The number of fused-ring (bicyclic) bond motifs is 1. The van der Waals surface area contributed by atoms with Gasteiger partial charge in [0.25, 0.3) is 0 Å². The number of aromatic nitrogens is 2. The fourth-order valence-corrected chi connectivity index (χ4v) is 3.17. The molecule has 1 N–H and O–H groups in total. The maximum Gasteiger partial charge on any atom is 0.198 e. The number of allylic oxidation sites excluding steroid dienone is 4. The van der Waals surface area contributed by atoms with E-state index < -0.39 is 11.6 Å². The number of hydrogen-bond acceptors (Lipinski definition) is 3. The van der Waals surface area contributed by atoms with Gasteiger partial charge in [0.15, 0.2) is 17.3 Å². The van der Waals surface area contributed by atoms with Gasteiger partial charge in [-0.05, 0) is 36.6 Å². The van der Waals surface area contributed by atoms with Gasteiger partial charge in [-0.25, -0.2) is 9.37 Å². The first-order valence-corrected chi connectivity index (χ1v) is 8.40. The number of aromatic amines is 1. The Morgan fingerprint density at radius 2 is 2.15 bits per heavy atom. The van der Waals surface area contributed by atoms with Crippen molar-refractivity contribution >= 4 is 22.4 Å². The number of ketones is 1. The highest BCUT2D eigenvalue weighted by atomic mass is 19.1. The summed E-state index contributed by atoms with van der Waals surface area (Å²) in [6.07, 6.45) is 11.7. The Hall–Kier alpha value is -3.21.